The summed E-state index contributed by atoms with van der Waals surface area (Å²) in [7, 11) is 0. The maximum atomic E-state index is 12.8. The van der Waals surface area contributed by atoms with Gasteiger partial charge in [0.1, 0.15) is 13.2 Å². The summed E-state index contributed by atoms with van der Waals surface area (Å²) in [6.07, 6.45) is 1.77. The Kier molecular flexibility index (Phi) is 5.83. The molecule has 2 amide bonds. The minimum Gasteiger partial charge on any atom is -0.486 e. The van der Waals surface area contributed by atoms with E-state index in [-0.39, 0.29) is 29.1 Å². The van der Waals surface area contributed by atoms with E-state index in [1.807, 2.05) is 18.2 Å². The first-order valence-corrected chi connectivity index (χ1v) is 10.2. The van der Waals surface area contributed by atoms with Crippen LogP contribution < -0.4 is 14.8 Å². The third-order valence-electron chi connectivity index (χ3n) is 5.10. The highest BCUT2D eigenvalue weighted by Gasteiger charge is 2.31. The molecule has 0 aromatic heterocycles. The molecular formula is C21H20Cl2N2O4. The van der Waals surface area contributed by atoms with Crippen molar-refractivity contribution in [2.75, 3.05) is 26.3 Å². The monoisotopic (exact) mass is 434 g/mol. The first-order valence-electron chi connectivity index (χ1n) is 9.45. The summed E-state index contributed by atoms with van der Waals surface area (Å²) >= 11 is 11.9. The average molecular weight is 435 g/mol. The lowest BCUT2D eigenvalue weighted by Crippen LogP contribution is -2.40. The Bertz CT molecular complexity index is 950. The zero-order valence-corrected chi connectivity index (χ0v) is 17.1. The number of halogens is 2. The Balaban J connectivity index is 1.42. The third-order valence-corrected chi connectivity index (χ3v) is 5.65. The number of benzene rings is 2. The van der Waals surface area contributed by atoms with Crippen molar-refractivity contribution in [1.82, 2.24) is 10.2 Å². The summed E-state index contributed by atoms with van der Waals surface area (Å²) < 4.78 is 11.2. The smallest absolute Gasteiger partial charge is 0.253 e. The van der Waals surface area contributed by atoms with Crippen LogP contribution >= 0.6 is 23.2 Å². The lowest BCUT2D eigenvalue weighted by molar-refractivity contribution is -0.131. The van der Waals surface area contributed by atoms with Gasteiger partial charge in [-0.05, 0) is 48.7 Å². The van der Waals surface area contributed by atoms with Gasteiger partial charge in [-0.3, -0.25) is 9.59 Å². The van der Waals surface area contributed by atoms with E-state index in [9.17, 15) is 9.59 Å². The van der Waals surface area contributed by atoms with Crippen LogP contribution in [0.5, 0.6) is 11.5 Å². The molecule has 0 saturated carbocycles. The second kappa shape index (κ2) is 8.51. The molecule has 152 valence electrons. The molecule has 0 radical (unpaired) electrons. The minimum atomic E-state index is -0.407. The van der Waals surface area contributed by atoms with E-state index in [1.165, 1.54) is 6.07 Å². The predicted octanol–water partition coefficient (Wildman–Crippen LogP) is 3.86. The van der Waals surface area contributed by atoms with Gasteiger partial charge in [0.2, 0.25) is 5.91 Å². The molecule has 0 spiro atoms. The molecule has 1 saturated heterocycles. The number of carbonyl (C=O) groups is 2. The molecule has 2 aliphatic rings. The number of fused-ring (bicyclic) bond motifs is 1. The van der Waals surface area contributed by atoms with E-state index in [0.717, 1.165) is 24.2 Å². The number of hydrogen-bond acceptors (Lipinski definition) is 4. The Labute approximate surface area is 178 Å². The van der Waals surface area contributed by atoms with Gasteiger partial charge in [0, 0.05) is 11.6 Å². The third kappa shape index (κ3) is 4.28. The van der Waals surface area contributed by atoms with Crippen molar-refractivity contribution in [3.63, 3.8) is 0 Å². The van der Waals surface area contributed by atoms with Crippen LogP contribution in [0.1, 0.15) is 34.8 Å². The SMILES string of the molecule is O=C(NCC(=O)N1CCCC1c1ccc2c(c1)OCCO2)c1ccc(Cl)cc1Cl. The van der Waals surface area contributed by atoms with Crippen molar-refractivity contribution < 1.29 is 19.1 Å². The van der Waals surface area contributed by atoms with Gasteiger partial charge in [0.05, 0.1) is 23.2 Å². The summed E-state index contributed by atoms with van der Waals surface area (Å²) in [6.45, 7) is 1.61. The number of likely N-dealkylation sites (tertiary alicyclic amines) is 1. The maximum absolute atomic E-state index is 12.8. The van der Waals surface area contributed by atoms with Crippen molar-refractivity contribution in [3.05, 3.63) is 57.6 Å². The lowest BCUT2D eigenvalue weighted by Gasteiger charge is -2.27. The number of ether oxygens (including phenoxy) is 2. The molecule has 2 aromatic carbocycles. The molecule has 1 fully saturated rings. The first kappa shape index (κ1) is 19.9. The van der Waals surface area contributed by atoms with Gasteiger partial charge in [-0.2, -0.15) is 0 Å². The molecule has 0 bridgehead atoms. The van der Waals surface area contributed by atoms with Gasteiger partial charge in [-0.15, -0.1) is 0 Å². The topological polar surface area (TPSA) is 67.9 Å². The van der Waals surface area contributed by atoms with Crippen molar-refractivity contribution >= 4 is 35.0 Å². The molecule has 2 aliphatic heterocycles. The lowest BCUT2D eigenvalue weighted by atomic mass is 10.0. The highest BCUT2D eigenvalue weighted by molar-refractivity contribution is 6.36. The largest absolute Gasteiger partial charge is 0.486 e. The Morgan fingerprint density at radius 1 is 1.07 bits per heavy atom. The van der Waals surface area contributed by atoms with E-state index in [4.69, 9.17) is 32.7 Å². The van der Waals surface area contributed by atoms with Crippen LogP contribution in [0.4, 0.5) is 0 Å². The molecule has 1 atom stereocenters. The van der Waals surface area contributed by atoms with E-state index in [1.54, 1.807) is 17.0 Å². The van der Waals surface area contributed by atoms with Crippen LogP contribution in [-0.4, -0.2) is 43.0 Å². The van der Waals surface area contributed by atoms with E-state index < -0.39 is 5.91 Å². The predicted molar refractivity (Wildman–Crippen MR) is 110 cm³/mol. The van der Waals surface area contributed by atoms with Crippen molar-refractivity contribution in [2.45, 2.75) is 18.9 Å². The standard InChI is InChI=1S/C21H20Cl2N2O4/c22-14-4-5-15(16(23)11-14)21(27)24-12-20(26)25-7-1-2-17(25)13-3-6-18-19(10-13)29-9-8-28-18/h3-6,10-11,17H,1-2,7-9,12H2,(H,24,27). The average Bonchev–Trinajstić information content (AvgIpc) is 3.21. The summed E-state index contributed by atoms with van der Waals surface area (Å²) in [4.78, 5) is 27.0. The van der Waals surface area contributed by atoms with Crippen LogP contribution in [0.25, 0.3) is 0 Å². The minimum absolute atomic E-state index is 0.0469. The number of nitrogens with zero attached hydrogens (tertiary/aromatic N) is 1. The highest BCUT2D eigenvalue weighted by Crippen LogP contribution is 2.38. The number of nitrogens with one attached hydrogen (secondary N) is 1. The molecule has 1 N–H and O–H groups in total. The van der Waals surface area contributed by atoms with Gasteiger partial charge in [-0.1, -0.05) is 29.3 Å². The van der Waals surface area contributed by atoms with Crippen LogP contribution in [0, 0.1) is 0 Å². The Hall–Kier alpha value is -2.44. The molecule has 2 heterocycles. The molecule has 0 aliphatic carbocycles. The Morgan fingerprint density at radius 2 is 1.86 bits per heavy atom. The van der Waals surface area contributed by atoms with Crippen molar-refractivity contribution in [2.24, 2.45) is 0 Å². The zero-order chi connectivity index (χ0) is 20.4. The van der Waals surface area contributed by atoms with Gasteiger partial charge in [0.25, 0.3) is 5.91 Å². The molecule has 2 aromatic rings. The normalized spacial score (nSPS) is 17.9. The second-order valence-corrected chi connectivity index (χ2v) is 7.80. The first-order chi connectivity index (χ1) is 14.0. The number of carbonyl (C=O) groups excluding carboxylic acids is 2. The van der Waals surface area contributed by atoms with Gasteiger partial charge in [-0.25, -0.2) is 0 Å². The molecule has 1 unspecified atom stereocenters. The summed E-state index contributed by atoms with van der Waals surface area (Å²) in [6, 6.07) is 10.4. The van der Waals surface area contributed by atoms with Crippen LogP contribution in [0.15, 0.2) is 36.4 Å². The molecule has 29 heavy (non-hydrogen) atoms. The van der Waals surface area contributed by atoms with E-state index in [2.05, 4.69) is 5.32 Å². The number of amides is 2. The van der Waals surface area contributed by atoms with Gasteiger partial charge in [0.15, 0.2) is 11.5 Å². The maximum Gasteiger partial charge on any atom is 0.253 e. The molecule has 6 nitrogen and oxygen atoms in total. The van der Waals surface area contributed by atoms with Gasteiger partial charge < -0.3 is 19.7 Å². The fourth-order valence-corrected chi connectivity index (χ4v) is 4.20. The second-order valence-electron chi connectivity index (χ2n) is 6.96. The van der Waals surface area contributed by atoms with Crippen molar-refractivity contribution in [3.8, 4) is 11.5 Å². The number of rotatable bonds is 4. The fourth-order valence-electron chi connectivity index (χ4n) is 3.71. The highest BCUT2D eigenvalue weighted by atomic mass is 35.5. The van der Waals surface area contributed by atoms with Gasteiger partial charge >= 0.3 is 0 Å². The summed E-state index contributed by atoms with van der Waals surface area (Å²) in [5.74, 6) is 0.887. The molecular weight excluding hydrogens is 415 g/mol. The van der Waals surface area contributed by atoms with E-state index in [0.29, 0.717) is 30.5 Å². The number of hydrogen-bond donors (Lipinski definition) is 1. The van der Waals surface area contributed by atoms with Crippen LogP contribution in [0.2, 0.25) is 10.0 Å². The van der Waals surface area contributed by atoms with Crippen LogP contribution in [0.3, 0.4) is 0 Å². The quantitative estimate of drug-likeness (QED) is 0.792. The summed E-state index contributed by atoms with van der Waals surface area (Å²) in [5, 5.41) is 3.35. The molecule has 8 heteroatoms. The summed E-state index contributed by atoms with van der Waals surface area (Å²) in [5.41, 5.74) is 1.29. The Morgan fingerprint density at radius 3 is 2.66 bits per heavy atom. The van der Waals surface area contributed by atoms with E-state index >= 15 is 0 Å². The van der Waals surface area contributed by atoms with Crippen LogP contribution in [-0.2, 0) is 4.79 Å². The molecule has 4 rings (SSSR count). The van der Waals surface area contributed by atoms with Crippen molar-refractivity contribution in [1.29, 1.82) is 0 Å². The fraction of sp³-hybridized carbons (Fsp3) is 0.333. The zero-order valence-electron chi connectivity index (χ0n) is 15.6.